The average Bonchev–Trinajstić information content (AvgIpc) is 3.16. The van der Waals surface area contributed by atoms with Crippen molar-refractivity contribution in [3.05, 3.63) is 22.5 Å². The van der Waals surface area contributed by atoms with Gasteiger partial charge in [0, 0.05) is 22.6 Å². The Kier molecular flexibility index (Phi) is 3.42. The molecule has 0 unspecified atom stereocenters. The molecular formula is C12H15N5S2. The number of nitrogens with zero attached hydrogens (tertiary/aromatic N) is 3. The van der Waals surface area contributed by atoms with Crippen LogP contribution < -0.4 is 11.3 Å². The molecule has 1 saturated carbocycles. The van der Waals surface area contributed by atoms with Gasteiger partial charge in [0.1, 0.15) is 16.7 Å². The van der Waals surface area contributed by atoms with Gasteiger partial charge in [0.05, 0.1) is 0 Å². The van der Waals surface area contributed by atoms with Gasteiger partial charge in [-0.15, -0.1) is 11.3 Å². The predicted octanol–water partition coefficient (Wildman–Crippen LogP) is 2.86. The fourth-order valence-corrected chi connectivity index (χ4v) is 3.58. The second-order valence-electron chi connectivity index (χ2n) is 4.64. The smallest absolute Gasteiger partial charge is 0.156 e. The molecule has 2 aromatic rings. The van der Waals surface area contributed by atoms with E-state index in [2.05, 4.69) is 20.4 Å². The molecule has 100 valence electrons. The van der Waals surface area contributed by atoms with Gasteiger partial charge in [-0.25, -0.2) is 20.8 Å². The third kappa shape index (κ3) is 2.72. The minimum Gasteiger partial charge on any atom is -0.308 e. The molecule has 0 amide bonds. The van der Waals surface area contributed by atoms with Gasteiger partial charge in [-0.1, -0.05) is 0 Å². The van der Waals surface area contributed by atoms with Crippen LogP contribution in [-0.4, -0.2) is 15.0 Å². The van der Waals surface area contributed by atoms with Crippen molar-refractivity contribution in [1.82, 2.24) is 15.0 Å². The van der Waals surface area contributed by atoms with Crippen LogP contribution in [0.5, 0.6) is 0 Å². The fourth-order valence-electron chi connectivity index (χ4n) is 1.74. The van der Waals surface area contributed by atoms with Gasteiger partial charge in [-0.2, -0.15) is 0 Å². The monoisotopic (exact) mass is 293 g/mol. The molecule has 0 aliphatic heterocycles. The van der Waals surface area contributed by atoms with Crippen LogP contribution in [0.25, 0.3) is 0 Å². The predicted molar refractivity (Wildman–Crippen MR) is 77.5 cm³/mol. The number of hydrogen-bond donors (Lipinski definition) is 2. The number of rotatable bonds is 4. The first-order chi connectivity index (χ1) is 9.17. The molecule has 1 aliphatic rings. The highest BCUT2D eigenvalue weighted by Gasteiger charge is 2.28. The van der Waals surface area contributed by atoms with Gasteiger partial charge >= 0.3 is 0 Å². The quantitative estimate of drug-likeness (QED) is 0.513. The van der Waals surface area contributed by atoms with E-state index in [0.717, 1.165) is 26.4 Å². The summed E-state index contributed by atoms with van der Waals surface area (Å²) in [5.41, 5.74) is 4.69. The van der Waals surface area contributed by atoms with Crippen molar-refractivity contribution in [2.24, 2.45) is 5.84 Å². The first kappa shape index (κ1) is 12.8. The van der Waals surface area contributed by atoms with Crippen LogP contribution in [0.2, 0.25) is 0 Å². The fraction of sp³-hybridized carbons (Fsp3) is 0.417. The maximum atomic E-state index is 5.54. The topological polar surface area (TPSA) is 76.7 Å². The van der Waals surface area contributed by atoms with Crippen LogP contribution in [0, 0.1) is 13.8 Å². The molecule has 0 atom stereocenters. The second kappa shape index (κ2) is 5.07. The van der Waals surface area contributed by atoms with E-state index in [0.29, 0.717) is 11.7 Å². The Morgan fingerprint density at radius 3 is 2.68 bits per heavy atom. The number of nitrogens with two attached hydrogens (primary N) is 1. The number of thiazole rings is 1. The maximum Gasteiger partial charge on any atom is 0.156 e. The first-order valence-corrected chi connectivity index (χ1v) is 7.82. The van der Waals surface area contributed by atoms with Crippen molar-refractivity contribution in [2.75, 3.05) is 5.43 Å². The lowest BCUT2D eigenvalue weighted by molar-refractivity contribution is 0.861. The summed E-state index contributed by atoms with van der Waals surface area (Å²) < 4.78 is 1.00. The van der Waals surface area contributed by atoms with Crippen molar-refractivity contribution in [2.45, 2.75) is 42.0 Å². The van der Waals surface area contributed by atoms with Gasteiger partial charge in [0.2, 0.25) is 0 Å². The first-order valence-electron chi connectivity index (χ1n) is 6.12. The Morgan fingerprint density at radius 2 is 2.11 bits per heavy atom. The number of nitrogen functional groups attached to an aromatic ring is 1. The molecule has 0 aromatic carbocycles. The summed E-state index contributed by atoms with van der Waals surface area (Å²) in [4.78, 5) is 13.6. The van der Waals surface area contributed by atoms with Gasteiger partial charge in [0.15, 0.2) is 4.34 Å². The van der Waals surface area contributed by atoms with Crippen LogP contribution in [0.3, 0.4) is 0 Å². The van der Waals surface area contributed by atoms with Gasteiger partial charge in [-0.05, 0) is 38.5 Å². The Bertz CT molecular complexity index is 606. The number of nitrogens with one attached hydrogen (secondary N) is 1. The van der Waals surface area contributed by atoms with Crippen LogP contribution >= 0.6 is 23.1 Å². The summed E-state index contributed by atoms with van der Waals surface area (Å²) in [6.07, 6.45) is 2.35. The van der Waals surface area contributed by atoms with E-state index < -0.39 is 0 Å². The average molecular weight is 293 g/mol. The molecule has 5 nitrogen and oxygen atoms in total. The highest BCUT2D eigenvalue weighted by atomic mass is 32.2. The number of hydrazine groups is 1. The van der Waals surface area contributed by atoms with Crippen LogP contribution in [-0.2, 0) is 0 Å². The normalized spacial score (nSPS) is 14.7. The molecule has 2 aromatic heterocycles. The molecular weight excluding hydrogens is 278 g/mol. The molecule has 0 bridgehead atoms. The highest BCUT2D eigenvalue weighted by molar-refractivity contribution is 8.01. The van der Waals surface area contributed by atoms with Gasteiger partial charge < -0.3 is 5.43 Å². The Balaban J connectivity index is 1.96. The summed E-state index contributed by atoms with van der Waals surface area (Å²) in [5, 5.41) is 2.99. The number of aromatic nitrogens is 3. The molecule has 1 aliphatic carbocycles. The van der Waals surface area contributed by atoms with Crippen molar-refractivity contribution < 1.29 is 0 Å². The van der Waals surface area contributed by atoms with Crippen molar-refractivity contribution in [3.63, 3.8) is 0 Å². The summed E-state index contributed by atoms with van der Waals surface area (Å²) in [6.45, 7) is 3.98. The van der Waals surface area contributed by atoms with E-state index >= 15 is 0 Å². The Morgan fingerprint density at radius 1 is 1.32 bits per heavy atom. The maximum absolute atomic E-state index is 5.54. The van der Waals surface area contributed by atoms with Crippen LogP contribution in [0.4, 0.5) is 5.82 Å². The Labute approximate surface area is 120 Å². The molecule has 2 heterocycles. The van der Waals surface area contributed by atoms with E-state index in [9.17, 15) is 0 Å². The molecule has 3 rings (SSSR count). The molecule has 3 N–H and O–H groups in total. The minimum atomic E-state index is 0.505. The highest BCUT2D eigenvalue weighted by Crippen LogP contribution is 2.41. The molecule has 7 heteroatoms. The third-order valence-corrected chi connectivity index (χ3v) is 5.13. The largest absolute Gasteiger partial charge is 0.308 e. The Hall–Kier alpha value is -1.18. The lowest BCUT2D eigenvalue weighted by atomic mass is 10.3. The van der Waals surface area contributed by atoms with Gasteiger partial charge in [0.25, 0.3) is 0 Å². The SMILES string of the molecule is Cc1csc(Sc2nc(C3CC3)nc(NN)c2C)n1. The lowest BCUT2D eigenvalue weighted by Gasteiger charge is -2.10. The number of aryl methyl sites for hydroxylation is 1. The molecule has 0 saturated heterocycles. The second-order valence-corrected chi connectivity index (χ2v) is 6.73. The summed E-state index contributed by atoms with van der Waals surface area (Å²) in [6, 6.07) is 0. The third-order valence-electron chi connectivity index (χ3n) is 2.98. The molecule has 19 heavy (non-hydrogen) atoms. The van der Waals surface area contributed by atoms with Crippen molar-refractivity contribution in [3.8, 4) is 0 Å². The zero-order valence-corrected chi connectivity index (χ0v) is 12.4. The summed E-state index contributed by atoms with van der Waals surface area (Å²) >= 11 is 3.22. The summed E-state index contributed by atoms with van der Waals surface area (Å²) in [7, 11) is 0. The van der Waals surface area contributed by atoms with Gasteiger partial charge in [-0.3, -0.25) is 0 Å². The molecule has 0 radical (unpaired) electrons. The van der Waals surface area contributed by atoms with E-state index in [1.54, 1.807) is 23.1 Å². The van der Waals surface area contributed by atoms with Crippen molar-refractivity contribution in [1.29, 1.82) is 0 Å². The van der Waals surface area contributed by atoms with E-state index in [1.807, 2.05) is 19.2 Å². The zero-order valence-electron chi connectivity index (χ0n) is 10.8. The van der Waals surface area contributed by atoms with Crippen LogP contribution in [0.1, 0.15) is 35.8 Å². The lowest BCUT2D eigenvalue weighted by Crippen LogP contribution is -2.13. The number of anilines is 1. The molecule has 0 spiro atoms. The molecule has 1 fully saturated rings. The van der Waals surface area contributed by atoms with E-state index in [4.69, 9.17) is 5.84 Å². The zero-order chi connectivity index (χ0) is 13.4. The van der Waals surface area contributed by atoms with E-state index in [1.165, 1.54) is 12.8 Å². The summed E-state index contributed by atoms with van der Waals surface area (Å²) in [5.74, 6) is 7.66. The van der Waals surface area contributed by atoms with E-state index in [-0.39, 0.29) is 0 Å². The standard InChI is InChI=1S/C12H15N5S2/c1-6-5-18-12(14-6)19-11-7(2)9(17-13)15-10(16-11)8-3-4-8/h5,8H,3-4,13H2,1-2H3,(H,15,16,17). The number of hydrogen-bond acceptors (Lipinski definition) is 7. The van der Waals surface area contributed by atoms with Crippen LogP contribution in [0.15, 0.2) is 14.7 Å². The minimum absolute atomic E-state index is 0.505. The van der Waals surface area contributed by atoms with Crippen molar-refractivity contribution >= 4 is 28.9 Å².